The lowest BCUT2D eigenvalue weighted by Crippen LogP contribution is -2.42. The van der Waals surface area contributed by atoms with Crippen LogP contribution in [0.3, 0.4) is 0 Å². The number of nitrogens with zero attached hydrogens (tertiary/aromatic N) is 1. The van der Waals surface area contributed by atoms with E-state index in [0.717, 1.165) is 18.0 Å². The van der Waals surface area contributed by atoms with Gasteiger partial charge in [-0.3, -0.25) is 4.90 Å². The Morgan fingerprint density at radius 2 is 2.00 bits per heavy atom. The van der Waals surface area contributed by atoms with Gasteiger partial charge >= 0.3 is 0 Å². The van der Waals surface area contributed by atoms with E-state index in [1.807, 2.05) is 0 Å². The lowest BCUT2D eigenvalue weighted by molar-refractivity contribution is 0.110. The Balaban J connectivity index is 1.61. The summed E-state index contributed by atoms with van der Waals surface area (Å²) in [5.41, 5.74) is 0.587. The first kappa shape index (κ1) is 12.0. The molecule has 3 aliphatic rings. The lowest BCUT2D eigenvalue weighted by Gasteiger charge is -2.39. The summed E-state index contributed by atoms with van der Waals surface area (Å²) in [4.78, 5) is 2.81. The molecule has 1 N–H and O–H groups in total. The fourth-order valence-electron chi connectivity index (χ4n) is 4.35. The van der Waals surface area contributed by atoms with E-state index < -0.39 is 0 Å². The first-order chi connectivity index (χ1) is 8.14. The number of hydrogen-bond donors (Lipinski definition) is 1. The summed E-state index contributed by atoms with van der Waals surface area (Å²) >= 11 is 0. The Morgan fingerprint density at radius 1 is 1.12 bits per heavy atom. The number of piperidine rings is 1. The molecule has 3 fully saturated rings. The van der Waals surface area contributed by atoms with Crippen molar-refractivity contribution in [3.63, 3.8) is 0 Å². The molecule has 0 aromatic heterocycles. The van der Waals surface area contributed by atoms with E-state index in [2.05, 4.69) is 24.1 Å². The van der Waals surface area contributed by atoms with Gasteiger partial charge in [-0.05, 0) is 50.0 Å². The molecular weight excluding hydrogens is 208 g/mol. The molecule has 0 spiro atoms. The molecule has 2 heterocycles. The Labute approximate surface area is 106 Å². The van der Waals surface area contributed by atoms with Gasteiger partial charge in [0.1, 0.15) is 0 Å². The molecule has 3 atom stereocenters. The van der Waals surface area contributed by atoms with Gasteiger partial charge in [-0.25, -0.2) is 0 Å². The third-order valence-electron chi connectivity index (χ3n) is 5.32. The quantitative estimate of drug-likeness (QED) is 0.753. The summed E-state index contributed by atoms with van der Waals surface area (Å²) in [6.45, 7) is 8.87. The van der Waals surface area contributed by atoms with Gasteiger partial charge in [0.25, 0.3) is 0 Å². The highest BCUT2D eigenvalue weighted by Crippen LogP contribution is 2.39. The standard InChI is InChI=1S/C15H28N2/c1-15(2)7-3-6-13(9-15)17-10-12-5-4-8-16-14(12)11-17/h12-14,16H,3-11H2,1-2H3/t12-,13?,14+/m0/s1. The Hall–Kier alpha value is -0.0800. The Bertz CT molecular complexity index is 260. The van der Waals surface area contributed by atoms with Gasteiger partial charge in [-0.1, -0.05) is 20.3 Å². The monoisotopic (exact) mass is 236 g/mol. The van der Waals surface area contributed by atoms with Crippen LogP contribution >= 0.6 is 0 Å². The molecule has 0 aromatic rings. The summed E-state index contributed by atoms with van der Waals surface area (Å²) in [7, 11) is 0. The van der Waals surface area contributed by atoms with Crippen LogP contribution in [0.25, 0.3) is 0 Å². The van der Waals surface area contributed by atoms with Crippen molar-refractivity contribution >= 4 is 0 Å². The number of fused-ring (bicyclic) bond motifs is 1. The van der Waals surface area contributed by atoms with Crippen molar-refractivity contribution in [3.8, 4) is 0 Å². The topological polar surface area (TPSA) is 15.3 Å². The summed E-state index contributed by atoms with van der Waals surface area (Å²) in [6, 6.07) is 1.69. The smallest absolute Gasteiger partial charge is 0.0235 e. The first-order valence-corrected chi connectivity index (χ1v) is 7.61. The fourth-order valence-corrected chi connectivity index (χ4v) is 4.35. The van der Waals surface area contributed by atoms with E-state index in [1.165, 1.54) is 58.2 Å². The zero-order valence-corrected chi connectivity index (χ0v) is 11.5. The van der Waals surface area contributed by atoms with Crippen molar-refractivity contribution in [1.29, 1.82) is 0 Å². The van der Waals surface area contributed by atoms with Crippen LogP contribution in [0.2, 0.25) is 0 Å². The maximum Gasteiger partial charge on any atom is 0.0235 e. The number of hydrogen-bond acceptors (Lipinski definition) is 2. The fraction of sp³-hybridized carbons (Fsp3) is 1.00. The maximum absolute atomic E-state index is 3.73. The largest absolute Gasteiger partial charge is 0.312 e. The second kappa shape index (κ2) is 4.55. The van der Waals surface area contributed by atoms with Crippen LogP contribution in [0.5, 0.6) is 0 Å². The predicted octanol–water partition coefficient (Wildman–Crippen LogP) is 2.64. The zero-order chi connectivity index (χ0) is 11.9. The third kappa shape index (κ3) is 2.53. The van der Waals surface area contributed by atoms with Crippen molar-refractivity contribution in [2.45, 2.75) is 64.5 Å². The van der Waals surface area contributed by atoms with Gasteiger partial charge in [-0.2, -0.15) is 0 Å². The normalized spacial score (nSPS) is 42.4. The van der Waals surface area contributed by atoms with Crippen LogP contribution in [0.15, 0.2) is 0 Å². The lowest BCUT2D eigenvalue weighted by atomic mass is 9.75. The van der Waals surface area contributed by atoms with Crippen LogP contribution in [-0.2, 0) is 0 Å². The average Bonchev–Trinajstić information content (AvgIpc) is 2.71. The second-order valence-electron chi connectivity index (χ2n) is 7.33. The van der Waals surface area contributed by atoms with Crippen molar-refractivity contribution in [3.05, 3.63) is 0 Å². The van der Waals surface area contributed by atoms with Crippen LogP contribution < -0.4 is 5.32 Å². The predicted molar refractivity (Wildman–Crippen MR) is 72.1 cm³/mol. The molecule has 2 heteroatoms. The first-order valence-electron chi connectivity index (χ1n) is 7.61. The minimum Gasteiger partial charge on any atom is -0.312 e. The zero-order valence-electron chi connectivity index (χ0n) is 11.5. The molecule has 1 saturated carbocycles. The Morgan fingerprint density at radius 3 is 2.76 bits per heavy atom. The molecule has 2 aliphatic heterocycles. The van der Waals surface area contributed by atoms with E-state index >= 15 is 0 Å². The van der Waals surface area contributed by atoms with E-state index in [0.29, 0.717) is 5.41 Å². The van der Waals surface area contributed by atoms with Gasteiger partial charge in [0.15, 0.2) is 0 Å². The highest BCUT2D eigenvalue weighted by molar-refractivity contribution is 4.96. The average molecular weight is 236 g/mol. The highest BCUT2D eigenvalue weighted by Gasteiger charge is 2.39. The molecule has 0 amide bonds. The molecule has 0 bridgehead atoms. The van der Waals surface area contributed by atoms with Gasteiger partial charge in [0.2, 0.25) is 0 Å². The van der Waals surface area contributed by atoms with Crippen LogP contribution in [0.1, 0.15) is 52.4 Å². The summed E-state index contributed by atoms with van der Waals surface area (Å²) in [5.74, 6) is 0.953. The van der Waals surface area contributed by atoms with Crippen molar-refractivity contribution in [1.82, 2.24) is 10.2 Å². The molecule has 1 aliphatic carbocycles. The molecule has 98 valence electrons. The third-order valence-corrected chi connectivity index (χ3v) is 5.32. The molecule has 0 aromatic carbocycles. The maximum atomic E-state index is 3.73. The molecule has 3 rings (SSSR count). The minimum atomic E-state index is 0.587. The van der Waals surface area contributed by atoms with Crippen molar-refractivity contribution < 1.29 is 0 Å². The molecular formula is C15H28N2. The van der Waals surface area contributed by atoms with Crippen molar-refractivity contribution in [2.24, 2.45) is 11.3 Å². The molecule has 2 saturated heterocycles. The van der Waals surface area contributed by atoms with Crippen LogP contribution in [0, 0.1) is 11.3 Å². The number of rotatable bonds is 1. The molecule has 2 nitrogen and oxygen atoms in total. The number of nitrogens with one attached hydrogen (secondary N) is 1. The van der Waals surface area contributed by atoms with Gasteiger partial charge in [0, 0.05) is 25.2 Å². The van der Waals surface area contributed by atoms with E-state index in [9.17, 15) is 0 Å². The van der Waals surface area contributed by atoms with Crippen molar-refractivity contribution in [2.75, 3.05) is 19.6 Å². The summed E-state index contributed by atoms with van der Waals surface area (Å²) in [6.07, 6.45) is 8.60. The van der Waals surface area contributed by atoms with Gasteiger partial charge < -0.3 is 5.32 Å². The van der Waals surface area contributed by atoms with Gasteiger partial charge in [-0.15, -0.1) is 0 Å². The van der Waals surface area contributed by atoms with Crippen LogP contribution in [0.4, 0.5) is 0 Å². The van der Waals surface area contributed by atoms with E-state index in [4.69, 9.17) is 0 Å². The minimum absolute atomic E-state index is 0.587. The van der Waals surface area contributed by atoms with Gasteiger partial charge in [0.05, 0.1) is 0 Å². The SMILES string of the molecule is CC1(C)CCCC(N2C[C@@H]3CCCN[C@@H]3C2)C1. The van der Waals surface area contributed by atoms with E-state index in [1.54, 1.807) is 0 Å². The summed E-state index contributed by atoms with van der Waals surface area (Å²) in [5, 5.41) is 3.73. The number of likely N-dealkylation sites (tertiary alicyclic amines) is 1. The van der Waals surface area contributed by atoms with E-state index in [-0.39, 0.29) is 0 Å². The molecule has 17 heavy (non-hydrogen) atoms. The van der Waals surface area contributed by atoms with Crippen LogP contribution in [-0.4, -0.2) is 36.6 Å². The highest BCUT2D eigenvalue weighted by atomic mass is 15.2. The molecule has 1 unspecified atom stereocenters. The molecule has 0 radical (unpaired) electrons. The summed E-state index contributed by atoms with van der Waals surface area (Å²) < 4.78 is 0. The Kier molecular flexibility index (Phi) is 3.20. The second-order valence-corrected chi connectivity index (χ2v) is 7.33.